The van der Waals surface area contributed by atoms with Crippen molar-refractivity contribution in [1.29, 1.82) is 0 Å². The first-order chi connectivity index (χ1) is 9.61. The van der Waals surface area contributed by atoms with Gasteiger partial charge >= 0.3 is 0 Å². The van der Waals surface area contributed by atoms with Crippen LogP contribution >= 0.6 is 22.9 Å². The number of nitrogens with zero attached hydrogens (tertiary/aromatic N) is 1. The molecule has 1 aromatic carbocycles. The molecule has 0 saturated heterocycles. The lowest BCUT2D eigenvalue weighted by Gasteiger charge is -2.09. The van der Waals surface area contributed by atoms with Crippen LogP contribution < -0.4 is 5.32 Å². The molecule has 0 aliphatic heterocycles. The second kappa shape index (κ2) is 7.13. The van der Waals surface area contributed by atoms with Crippen molar-refractivity contribution in [3.05, 3.63) is 39.4 Å². The molecule has 0 aliphatic rings. The Morgan fingerprint density at radius 1 is 1.50 bits per heavy atom. The van der Waals surface area contributed by atoms with Crippen LogP contribution in [0.3, 0.4) is 0 Å². The van der Waals surface area contributed by atoms with Gasteiger partial charge in [0.15, 0.2) is 0 Å². The van der Waals surface area contributed by atoms with Crippen LogP contribution in [-0.2, 0) is 0 Å². The highest BCUT2D eigenvalue weighted by Gasteiger charge is 2.11. The van der Waals surface area contributed by atoms with Gasteiger partial charge in [0, 0.05) is 17.6 Å². The van der Waals surface area contributed by atoms with Crippen molar-refractivity contribution in [1.82, 2.24) is 10.3 Å². The third kappa shape index (κ3) is 3.76. The standard InChI is InChI=1S/C14H16ClFN2OS/c1-9(17-5-2-6-19)14-18-13(8-20-14)10-3-4-12(16)11(15)7-10/h3-4,7-9,17,19H,2,5-6H2,1H3. The lowest BCUT2D eigenvalue weighted by Crippen LogP contribution is -2.20. The van der Waals surface area contributed by atoms with E-state index in [1.807, 2.05) is 12.3 Å². The predicted molar refractivity (Wildman–Crippen MR) is 80.6 cm³/mol. The van der Waals surface area contributed by atoms with Crippen LogP contribution in [0.15, 0.2) is 23.6 Å². The van der Waals surface area contributed by atoms with Gasteiger partial charge in [0.2, 0.25) is 0 Å². The highest BCUT2D eigenvalue weighted by atomic mass is 35.5. The van der Waals surface area contributed by atoms with Gasteiger partial charge in [-0.25, -0.2) is 9.37 Å². The minimum absolute atomic E-state index is 0.103. The lowest BCUT2D eigenvalue weighted by molar-refractivity contribution is 0.284. The quantitative estimate of drug-likeness (QED) is 0.800. The summed E-state index contributed by atoms with van der Waals surface area (Å²) >= 11 is 7.33. The Balaban J connectivity index is 2.09. The van der Waals surface area contributed by atoms with Crippen molar-refractivity contribution >= 4 is 22.9 Å². The molecule has 0 fully saturated rings. The summed E-state index contributed by atoms with van der Waals surface area (Å²) in [6.45, 7) is 2.95. The van der Waals surface area contributed by atoms with E-state index in [2.05, 4.69) is 10.3 Å². The van der Waals surface area contributed by atoms with Crippen molar-refractivity contribution in [3.8, 4) is 11.3 Å². The fraction of sp³-hybridized carbons (Fsp3) is 0.357. The number of aliphatic hydroxyl groups is 1. The Labute approximate surface area is 126 Å². The summed E-state index contributed by atoms with van der Waals surface area (Å²) in [7, 11) is 0. The number of thiazole rings is 1. The first kappa shape index (κ1) is 15.4. The van der Waals surface area contributed by atoms with Crippen LogP contribution in [0.25, 0.3) is 11.3 Å². The van der Waals surface area contributed by atoms with Gasteiger partial charge in [-0.1, -0.05) is 11.6 Å². The number of hydrogen-bond acceptors (Lipinski definition) is 4. The largest absolute Gasteiger partial charge is 0.396 e. The lowest BCUT2D eigenvalue weighted by atomic mass is 10.2. The van der Waals surface area contributed by atoms with Gasteiger partial charge in [-0.2, -0.15) is 0 Å². The monoisotopic (exact) mass is 314 g/mol. The SMILES string of the molecule is CC(NCCCO)c1nc(-c2ccc(F)c(Cl)c2)cs1. The maximum atomic E-state index is 13.1. The van der Waals surface area contributed by atoms with Crippen LogP contribution in [0.2, 0.25) is 5.02 Å². The topological polar surface area (TPSA) is 45.1 Å². The molecule has 0 bridgehead atoms. The number of halogens is 2. The van der Waals surface area contributed by atoms with Crippen LogP contribution in [0.4, 0.5) is 4.39 Å². The predicted octanol–water partition coefficient (Wildman–Crippen LogP) is 3.64. The fourth-order valence-corrected chi connectivity index (χ4v) is 2.80. The zero-order chi connectivity index (χ0) is 14.5. The maximum Gasteiger partial charge on any atom is 0.141 e. The Morgan fingerprint density at radius 2 is 2.30 bits per heavy atom. The number of aromatic nitrogens is 1. The summed E-state index contributed by atoms with van der Waals surface area (Å²) in [4.78, 5) is 4.54. The molecule has 0 spiro atoms. The average molecular weight is 315 g/mol. The third-order valence-electron chi connectivity index (χ3n) is 2.89. The molecule has 1 aromatic heterocycles. The second-order valence-corrected chi connectivity index (χ2v) is 5.75. The molecule has 0 radical (unpaired) electrons. The van der Waals surface area contributed by atoms with Crippen molar-refractivity contribution in [2.75, 3.05) is 13.2 Å². The van der Waals surface area contributed by atoms with Crippen molar-refractivity contribution in [2.45, 2.75) is 19.4 Å². The van der Waals surface area contributed by atoms with E-state index >= 15 is 0 Å². The molecule has 20 heavy (non-hydrogen) atoms. The molecule has 2 aromatic rings. The van der Waals surface area contributed by atoms with E-state index in [1.54, 1.807) is 23.5 Å². The summed E-state index contributed by atoms with van der Waals surface area (Å²) in [6.07, 6.45) is 0.718. The molecular weight excluding hydrogens is 299 g/mol. The normalized spacial score (nSPS) is 12.6. The molecule has 0 saturated carbocycles. The van der Waals surface area contributed by atoms with Crippen molar-refractivity contribution in [2.24, 2.45) is 0 Å². The first-order valence-corrected chi connectivity index (χ1v) is 7.62. The number of aliphatic hydroxyl groups excluding tert-OH is 1. The van der Waals surface area contributed by atoms with Crippen LogP contribution in [0, 0.1) is 5.82 Å². The smallest absolute Gasteiger partial charge is 0.141 e. The van der Waals surface area contributed by atoms with Crippen molar-refractivity contribution < 1.29 is 9.50 Å². The van der Waals surface area contributed by atoms with Crippen molar-refractivity contribution in [3.63, 3.8) is 0 Å². The van der Waals surface area contributed by atoms with Gasteiger partial charge in [-0.05, 0) is 38.1 Å². The molecule has 2 N–H and O–H groups in total. The van der Waals surface area contributed by atoms with E-state index in [0.29, 0.717) is 0 Å². The average Bonchev–Trinajstić information content (AvgIpc) is 2.92. The van der Waals surface area contributed by atoms with E-state index in [4.69, 9.17) is 16.7 Å². The Morgan fingerprint density at radius 3 is 3.00 bits per heavy atom. The Bertz CT molecular complexity index is 576. The van der Waals surface area contributed by atoms with Crippen LogP contribution in [0.5, 0.6) is 0 Å². The van der Waals surface area contributed by atoms with Crippen LogP contribution in [0.1, 0.15) is 24.4 Å². The minimum Gasteiger partial charge on any atom is -0.396 e. The molecule has 3 nitrogen and oxygen atoms in total. The van der Waals surface area contributed by atoms with Gasteiger partial charge in [0.1, 0.15) is 10.8 Å². The number of rotatable bonds is 6. The van der Waals surface area contributed by atoms with E-state index in [-0.39, 0.29) is 17.7 Å². The molecular formula is C14H16ClFN2OS. The molecule has 6 heteroatoms. The number of benzene rings is 1. The molecule has 1 heterocycles. The fourth-order valence-electron chi connectivity index (χ4n) is 1.76. The highest BCUT2D eigenvalue weighted by molar-refractivity contribution is 7.10. The summed E-state index contributed by atoms with van der Waals surface area (Å²) < 4.78 is 13.1. The summed E-state index contributed by atoms with van der Waals surface area (Å²) in [6, 6.07) is 4.72. The molecule has 0 amide bonds. The maximum absolute atomic E-state index is 13.1. The van der Waals surface area contributed by atoms with E-state index in [1.165, 1.54) is 6.07 Å². The Hall–Kier alpha value is -1.01. The van der Waals surface area contributed by atoms with Gasteiger partial charge in [-0.3, -0.25) is 0 Å². The van der Waals surface area contributed by atoms with Gasteiger partial charge in [0.25, 0.3) is 0 Å². The molecule has 2 rings (SSSR count). The Kier molecular flexibility index (Phi) is 5.48. The zero-order valence-corrected chi connectivity index (χ0v) is 12.6. The summed E-state index contributed by atoms with van der Waals surface area (Å²) in [5.41, 5.74) is 1.60. The van der Waals surface area contributed by atoms with Gasteiger partial charge < -0.3 is 10.4 Å². The summed E-state index contributed by atoms with van der Waals surface area (Å²) in [5.74, 6) is -0.426. The third-order valence-corrected chi connectivity index (χ3v) is 4.21. The van der Waals surface area contributed by atoms with E-state index < -0.39 is 5.82 Å². The zero-order valence-electron chi connectivity index (χ0n) is 11.1. The van der Waals surface area contributed by atoms with Crippen LogP contribution in [-0.4, -0.2) is 23.2 Å². The molecule has 1 atom stereocenters. The number of hydrogen-bond donors (Lipinski definition) is 2. The first-order valence-electron chi connectivity index (χ1n) is 6.37. The van der Waals surface area contributed by atoms with Gasteiger partial charge in [0.05, 0.1) is 16.8 Å². The molecule has 108 valence electrons. The minimum atomic E-state index is -0.426. The van der Waals surface area contributed by atoms with Gasteiger partial charge in [-0.15, -0.1) is 11.3 Å². The molecule has 0 aliphatic carbocycles. The second-order valence-electron chi connectivity index (χ2n) is 4.45. The van der Waals surface area contributed by atoms with E-state index in [9.17, 15) is 4.39 Å². The number of nitrogens with one attached hydrogen (secondary N) is 1. The van der Waals surface area contributed by atoms with E-state index in [0.717, 1.165) is 29.2 Å². The molecule has 1 unspecified atom stereocenters. The summed E-state index contributed by atoms with van der Waals surface area (Å²) in [5, 5.41) is 15.0. The highest BCUT2D eigenvalue weighted by Crippen LogP contribution is 2.28.